The van der Waals surface area contributed by atoms with Crippen molar-refractivity contribution in [2.24, 2.45) is 0 Å². The van der Waals surface area contributed by atoms with Crippen molar-refractivity contribution in [2.45, 2.75) is 13.3 Å². The van der Waals surface area contributed by atoms with Crippen molar-refractivity contribution in [3.63, 3.8) is 0 Å². The Morgan fingerprint density at radius 3 is 2.93 bits per heavy atom. The molecule has 6 nitrogen and oxygen atoms in total. The monoisotopic (exact) mass is 443 g/mol. The number of halogens is 1. The highest BCUT2D eigenvalue weighted by molar-refractivity contribution is 7.17. The molecule has 0 aliphatic heterocycles. The summed E-state index contributed by atoms with van der Waals surface area (Å²) in [6.45, 7) is 2.67. The van der Waals surface area contributed by atoms with Gasteiger partial charge in [0.1, 0.15) is 23.7 Å². The number of hydrogen-bond donors (Lipinski definition) is 2. The van der Waals surface area contributed by atoms with Crippen molar-refractivity contribution in [3.05, 3.63) is 58.3 Å². The smallest absolute Gasteiger partial charge is 0.349 e. The van der Waals surface area contributed by atoms with Gasteiger partial charge in [-0.2, -0.15) is 0 Å². The van der Waals surface area contributed by atoms with E-state index in [9.17, 15) is 14.3 Å². The summed E-state index contributed by atoms with van der Waals surface area (Å²) in [7, 11) is 0. The van der Waals surface area contributed by atoms with Gasteiger partial charge >= 0.3 is 5.97 Å². The number of aromatic nitrogens is 2. The number of nitrogens with one attached hydrogen (secondary N) is 1. The van der Waals surface area contributed by atoms with Gasteiger partial charge in [0.25, 0.3) is 0 Å². The summed E-state index contributed by atoms with van der Waals surface area (Å²) in [4.78, 5) is 20.7. The Morgan fingerprint density at radius 1 is 1.27 bits per heavy atom. The molecule has 0 aliphatic rings. The number of nitrogens with zero attached hydrogens (tertiary/aromatic N) is 2. The molecule has 0 spiro atoms. The van der Waals surface area contributed by atoms with E-state index in [2.05, 4.69) is 15.3 Å². The minimum atomic E-state index is -1.04. The molecular formula is C21H18FN3O3S2. The van der Waals surface area contributed by atoms with Crippen molar-refractivity contribution in [1.82, 2.24) is 9.97 Å². The van der Waals surface area contributed by atoms with Gasteiger partial charge in [-0.25, -0.2) is 19.2 Å². The Kier molecular flexibility index (Phi) is 5.91. The molecule has 0 bridgehead atoms. The van der Waals surface area contributed by atoms with E-state index in [1.54, 1.807) is 25.1 Å². The van der Waals surface area contributed by atoms with Crippen LogP contribution in [0, 0.1) is 5.82 Å². The molecule has 0 atom stereocenters. The van der Waals surface area contributed by atoms with E-state index >= 15 is 0 Å². The fourth-order valence-electron chi connectivity index (χ4n) is 3.07. The van der Waals surface area contributed by atoms with Crippen LogP contribution in [0.25, 0.3) is 20.7 Å². The number of fused-ring (bicyclic) bond motifs is 1. The van der Waals surface area contributed by atoms with Crippen LogP contribution in [-0.2, 0) is 6.42 Å². The second kappa shape index (κ2) is 8.76. The van der Waals surface area contributed by atoms with Crippen LogP contribution in [0.1, 0.15) is 22.2 Å². The molecule has 2 N–H and O–H groups in total. The SMILES string of the molecule is CCOc1cc(-c2cc(NCCc3ccc4sccc4c3F)ncn2)sc1C(=O)O. The number of hydrogen-bond acceptors (Lipinski definition) is 7. The maximum Gasteiger partial charge on any atom is 0.349 e. The third-order valence-corrected chi connectivity index (χ3v) is 6.47. The Balaban J connectivity index is 1.48. The van der Waals surface area contributed by atoms with Crippen LogP contribution in [0.3, 0.4) is 0 Å². The molecule has 154 valence electrons. The van der Waals surface area contributed by atoms with Crippen molar-refractivity contribution in [2.75, 3.05) is 18.5 Å². The standard InChI is InChI=1S/C21H18FN3O3S2/c1-2-28-15-10-17(30-20(15)21(26)27)14-9-18(25-11-24-14)23-7-5-12-3-4-16-13(19(12)22)6-8-29-16/h3-4,6,8-11H,2,5,7H2,1H3,(H,26,27)(H,23,24,25). The molecule has 0 unspecified atom stereocenters. The highest BCUT2D eigenvalue weighted by atomic mass is 32.1. The molecule has 4 aromatic rings. The molecule has 0 aliphatic carbocycles. The molecular weight excluding hydrogens is 425 g/mol. The molecule has 9 heteroatoms. The number of anilines is 1. The number of thiophene rings is 2. The molecule has 30 heavy (non-hydrogen) atoms. The van der Waals surface area contributed by atoms with E-state index in [4.69, 9.17) is 4.74 Å². The summed E-state index contributed by atoms with van der Waals surface area (Å²) >= 11 is 2.62. The topological polar surface area (TPSA) is 84.3 Å². The average molecular weight is 444 g/mol. The van der Waals surface area contributed by atoms with Crippen molar-refractivity contribution < 1.29 is 19.0 Å². The minimum absolute atomic E-state index is 0.138. The van der Waals surface area contributed by atoms with Crippen molar-refractivity contribution in [3.8, 4) is 16.3 Å². The minimum Gasteiger partial charge on any atom is -0.492 e. The van der Waals surface area contributed by atoms with Gasteiger partial charge in [0.15, 0.2) is 4.88 Å². The molecule has 0 saturated carbocycles. The quantitative estimate of drug-likeness (QED) is 0.384. The molecule has 1 aromatic carbocycles. The van der Waals surface area contributed by atoms with E-state index in [1.807, 2.05) is 17.5 Å². The van der Waals surface area contributed by atoms with E-state index in [1.165, 1.54) is 17.7 Å². The first-order valence-electron chi connectivity index (χ1n) is 9.27. The summed E-state index contributed by atoms with van der Waals surface area (Å²) in [5.74, 6) is -0.299. The second-order valence-electron chi connectivity index (χ2n) is 6.38. The summed E-state index contributed by atoms with van der Waals surface area (Å²) in [5.41, 5.74) is 1.24. The van der Waals surface area contributed by atoms with Gasteiger partial charge in [-0.05, 0) is 36.4 Å². The first-order chi connectivity index (χ1) is 14.6. The Hall–Kier alpha value is -3.04. The number of carboxylic acids is 1. The predicted molar refractivity (Wildman–Crippen MR) is 117 cm³/mol. The van der Waals surface area contributed by atoms with E-state index < -0.39 is 5.97 Å². The number of rotatable bonds is 8. The number of carbonyl (C=O) groups is 1. The third-order valence-electron chi connectivity index (χ3n) is 4.46. The van der Waals surface area contributed by atoms with Crippen LogP contribution < -0.4 is 10.1 Å². The van der Waals surface area contributed by atoms with Crippen LogP contribution >= 0.6 is 22.7 Å². The van der Waals surface area contributed by atoms with Gasteiger partial charge in [0.05, 0.1) is 17.2 Å². The summed E-state index contributed by atoms with van der Waals surface area (Å²) in [6.07, 6.45) is 1.92. The van der Waals surface area contributed by atoms with E-state index in [-0.39, 0.29) is 10.7 Å². The Morgan fingerprint density at radius 2 is 2.13 bits per heavy atom. The molecule has 0 fully saturated rings. The summed E-state index contributed by atoms with van der Waals surface area (Å²) in [5, 5.41) is 15.1. The lowest BCUT2D eigenvalue weighted by molar-refractivity contribution is 0.0698. The van der Waals surface area contributed by atoms with Crippen molar-refractivity contribution >= 4 is 44.5 Å². The molecule has 0 saturated heterocycles. The van der Waals surface area contributed by atoms with Crippen molar-refractivity contribution in [1.29, 1.82) is 0 Å². The van der Waals surface area contributed by atoms with Crippen LogP contribution in [0.15, 0.2) is 42.0 Å². The van der Waals surface area contributed by atoms with Gasteiger partial charge in [-0.1, -0.05) is 6.07 Å². The Labute approximate surface area is 180 Å². The highest BCUT2D eigenvalue weighted by Crippen LogP contribution is 2.36. The zero-order chi connectivity index (χ0) is 21.1. The summed E-state index contributed by atoms with van der Waals surface area (Å²) < 4.78 is 20.9. The maximum atomic E-state index is 14.6. The largest absolute Gasteiger partial charge is 0.492 e. The van der Waals surface area contributed by atoms with Gasteiger partial charge < -0.3 is 15.2 Å². The fourth-order valence-corrected chi connectivity index (χ4v) is 4.76. The van der Waals surface area contributed by atoms with Crippen LogP contribution in [0.5, 0.6) is 5.75 Å². The van der Waals surface area contributed by atoms with Crippen LogP contribution in [0.4, 0.5) is 10.2 Å². The number of aromatic carboxylic acids is 1. The third kappa shape index (κ3) is 4.12. The fraction of sp³-hybridized carbons (Fsp3) is 0.190. The molecule has 0 radical (unpaired) electrons. The zero-order valence-corrected chi connectivity index (χ0v) is 17.6. The highest BCUT2D eigenvalue weighted by Gasteiger charge is 2.18. The maximum absolute atomic E-state index is 14.6. The predicted octanol–water partition coefficient (Wildman–Crippen LogP) is 5.31. The van der Waals surface area contributed by atoms with Gasteiger partial charge in [0.2, 0.25) is 0 Å². The number of ether oxygens (including phenoxy) is 1. The number of carboxylic acid groups (broad SMARTS) is 1. The lowest BCUT2D eigenvalue weighted by Crippen LogP contribution is -2.07. The van der Waals surface area contributed by atoms with Gasteiger partial charge in [-0.15, -0.1) is 22.7 Å². The first kappa shape index (κ1) is 20.2. The van der Waals surface area contributed by atoms with Crippen LogP contribution in [-0.4, -0.2) is 34.2 Å². The molecule has 3 aromatic heterocycles. The van der Waals surface area contributed by atoms with Crippen LogP contribution in [0.2, 0.25) is 0 Å². The second-order valence-corrected chi connectivity index (χ2v) is 8.38. The average Bonchev–Trinajstić information content (AvgIpc) is 3.38. The van der Waals surface area contributed by atoms with Gasteiger partial charge in [-0.3, -0.25) is 0 Å². The zero-order valence-electron chi connectivity index (χ0n) is 16.0. The molecule has 4 rings (SSSR count). The summed E-state index contributed by atoms with van der Waals surface area (Å²) in [6, 6.07) is 8.97. The molecule has 0 amide bonds. The van der Waals surface area contributed by atoms with Gasteiger partial charge in [0, 0.05) is 28.8 Å². The first-order valence-corrected chi connectivity index (χ1v) is 11.0. The lowest BCUT2D eigenvalue weighted by Gasteiger charge is -2.08. The number of benzene rings is 1. The Bertz CT molecular complexity index is 1210. The normalized spacial score (nSPS) is 11.0. The van der Waals surface area contributed by atoms with E-state index in [0.29, 0.717) is 52.7 Å². The molecule has 3 heterocycles. The van der Waals surface area contributed by atoms with E-state index in [0.717, 1.165) is 16.0 Å². The lowest BCUT2D eigenvalue weighted by atomic mass is 10.1.